The van der Waals surface area contributed by atoms with Crippen LogP contribution in [-0.2, 0) is 19.6 Å². The van der Waals surface area contributed by atoms with Gasteiger partial charge in [0.05, 0.1) is 22.5 Å². The molecular formula is C13H18N4O6S. The Balaban J connectivity index is 2.12. The van der Waals surface area contributed by atoms with Gasteiger partial charge in [-0.15, -0.1) is 0 Å². The molecule has 1 aliphatic rings. The number of primary sulfonamides is 1. The van der Waals surface area contributed by atoms with Crippen LogP contribution in [0, 0.1) is 10.1 Å². The fourth-order valence-electron chi connectivity index (χ4n) is 2.34. The van der Waals surface area contributed by atoms with Crippen molar-refractivity contribution in [2.24, 2.45) is 5.14 Å². The lowest BCUT2D eigenvalue weighted by Crippen LogP contribution is -2.47. The van der Waals surface area contributed by atoms with Crippen molar-refractivity contribution < 1.29 is 22.9 Å². The molecule has 24 heavy (non-hydrogen) atoms. The number of hydrogen-bond donors (Lipinski definition) is 2. The molecule has 1 amide bonds. The number of benzene rings is 1. The van der Waals surface area contributed by atoms with Gasteiger partial charge in [0.2, 0.25) is 15.9 Å². The number of hydrogen-bond acceptors (Lipinski definition) is 7. The van der Waals surface area contributed by atoms with Crippen molar-refractivity contribution in [3.05, 3.63) is 28.3 Å². The minimum absolute atomic E-state index is 0.0632. The van der Waals surface area contributed by atoms with Gasteiger partial charge in [-0.2, -0.15) is 0 Å². The first kappa shape index (κ1) is 18.1. The van der Waals surface area contributed by atoms with Gasteiger partial charge in [-0.05, 0) is 12.1 Å². The van der Waals surface area contributed by atoms with E-state index < -0.39 is 20.6 Å². The molecule has 1 atom stereocenters. The Labute approximate surface area is 138 Å². The van der Waals surface area contributed by atoms with Crippen molar-refractivity contribution in [2.75, 3.05) is 31.6 Å². The summed E-state index contributed by atoms with van der Waals surface area (Å²) >= 11 is 0. The van der Waals surface area contributed by atoms with Gasteiger partial charge in [-0.3, -0.25) is 14.9 Å². The highest BCUT2D eigenvalue weighted by atomic mass is 32.2. The third kappa shape index (κ3) is 4.40. The summed E-state index contributed by atoms with van der Waals surface area (Å²) in [6, 6.07) is 3.37. The largest absolute Gasteiger partial charge is 0.377 e. The number of ether oxygens (including phenoxy) is 1. The molecule has 0 aliphatic carbocycles. The molecule has 0 bridgehead atoms. The summed E-state index contributed by atoms with van der Waals surface area (Å²) in [7, 11) is -4.03. The van der Waals surface area contributed by atoms with E-state index in [4.69, 9.17) is 9.88 Å². The molecule has 1 saturated heterocycles. The third-order valence-electron chi connectivity index (χ3n) is 3.60. The summed E-state index contributed by atoms with van der Waals surface area (Å²) < 4.78 is 28.1. The van der Waals surface area contributed by atoms with Gasteiger partial charge < -0.3 is 15.0 Å². The number of nitrogens with zero attached hydrogens (tertiary/aromatic N) is 2. The average molecular weight is 358 g/mol. The van der Waals surface area contributed by atoms with Crippen molar-refractivity contribution in [1.29, 1.82) is 0 Å². The van der Waals surface area contributed by atoms with E-state index in [0.717, 1.165) is 6.07 Å². The number of amides is 1. The standard InChI is InChI=1S/C13H18N4O6S/c1-9(18)16-4-5-23-10(8-16)7-15-12-3-2-11(24(14,21)22)6-13(12)17(19)20/h2-3,6,10,15H,4-5,7-8H2,1H3,(H2,14,21,22). The number of rotatable bonds is 5. The first-order chi connectivity index (χ1) is 11.2. The molecule has 1 unspecified atom stereocenters. The topological polar surface area (TPSA) is 145 Å². The second-order valence-corrected chi connectivity index (χ2v) is 6.88. The Morgan fingerprint density at radius 3 is 2.83 bits per heavy atom. The zero-order valence-electron chi connectivity index (χ0n) is 13.0. The van der Waals surface area contributed by atoms with Gasteiger partial charge in [0, 0.05) is 32.6 Å². The first-order valence-corrected chi connectivity index (χ1v) is 8.65. The predicted molar refractivity (Wildman–Crippen MR) is 85.0 cm³/mol. The molecule has 0 radical (unpaired) electrons. The van der Waals surface area contributed by atoms with Crippen LogP contribution in [0.5, 0.6) is 0 Å². The highest BCUT2D eigenvalue weighted by molar-refractivity contribution is 7.89. The molecule has 1 aromatic rings. The predicted octanol–water partition coefficient (Wildman–Crippen LogP) is -0.0986. The zero-order valence-corrected chi connectivity index (χ0v) is 13.8. The monoisotopic (exact) mass is 358 g/mol. The fraction of sp³-hybridized carbons (Fsp3) is 0.462. The molecule has 1 fully saturated rings. The average Bonchev–Trinajstić information content (AvgIpc) is 2.52. The fourth-order valence-corrected chi connectivity index (χ4v) is 2.88. The number of nitro groups is 1. The molecule has 11 heteroatoms. The zero-order chi connectivity index (χ0) is 17.9. The van der Waals surface area contributed by atoms with E-state index in [1.54, 1.807) is 4.90 Å². The molecule has 2 rings (SSSR count). The number of carbonyl (C=O) groups is 1. The summed E-state index contributed by atoms with van der Waals surface area (Å²) in [5, 5.41) is 19.0. The summed E-state index contributed by atoms with van der Waals surface area (Å²) in [6.45, 7) is 2.98. The summed E-state index contributed by atoms with van der Waals surface area (Å²) in [5.41, 5.74) is -0.253. The lowest BCUT2D eigenvalue weighted by Gasteiger charge is -2.32. The Kier molecular flexibility index (Phi) is 5.36. The van der Waals surface area contributed by atoms with E-state index in [2.05, 4.69) is 5.32 Å². The molecule has 10 nitrogen and oxygen atoms in total. The SMILES string of the molecule is CC(=O)N1CCOC(CNc2ccc(S(N)(=O)=O)cc2[N+](=O)[O-])C1. The number of carbonyl (C=O) groups excluding carboxylic acids is 1. The van der Waals surface area contributed by atoms with Crippen LogP contribution in [0.2, 0.25) is 0 Å². The lowest BCUT2D eigenvalue weighted by molar-refractivity contribution is -0.384. The molecule has 0 saturated carbocycles. The molecule has 1 aliphatic heterocycles. The second kappa shape index (κ2) is 7.11. The third-order valence-corrected chi connectivity index (χ3v) is 4.51. The van der Waals surface area contributed by atoms with Crippen LogP contribution >= 0.6 is 0 Å². The number of morpholine rings is 1. The molecule has 1 aromatic carbocycles. The highest BCUT2D eigenvalue weighted by Gasteiger charge is 2.24. The van der Waals surface area contributed by atoms with Gasteiger partial charge in [-0.1, -0.05) is 0 Å². The van der Waals surface area contributed by atoms with Crippen LogP contribution in [0.25, 0.3) is 0 Å². The van der Waals surface area contributed by atoms with E-state index in [-0.39, 0.29) is 29.1 Å². The van der Waals surface area contributed by atoms with Crippen LogP contribution in [-0.4, -0.2) is 56.5 Å². The van der Waals surface area contributed by atoms with Gasteiger partial charge in [0.15, 0.2) is 0 Å². The van der Waals surface area contributed by atoms with Gasteiger partial charge in [0.25, 0.3) is 5.69 Å². The summed E-state index contributed by atoms with van der Waals surface area (Å²) in [6.07, 6.45) is -0.319. The number of nitrogens with one attached hydrogen (secondary N) is 1. The van der Waals surface area contributed by atoms with Crippen LogP contribution in [0.15, 0.2) is 23.1 Å². The van der Waals surface area contributed by atoms with Crippen LogP contribution in [0.1, 0.15) is 6.92 Å². The van der Waals surface area contributed by atoms with Crippen molar-refractivity contribution in [1.82, 2.24) is 4.90 Å². The minimum Gasteiger partial charge on any atom is -0.377 e. The van der Waals surface area contributed by atoms with Crippen molar-refractivity contribution in [3.8, 4) is 0 Å². The maximum Gasteiger partial charge on any atom is 0.293 e. The molecule has 0 aromatic heterocycles. The second-order valence-electron chi connectivity index (χ2n) is 5.32. The molecular weight excluding hydrogens is 340 g/mol. The molecule has 3 N–H and O–H groups in total. The number of sulfonamides is 1. The smallest absolute Gasteiger partial charge is 0.293 e. The van der Waals surface area contributed by atoms with Crippen molar-refractivity contribution >= 4 is 27.3 Å². The molecule has 0 spiro atoms. The van der Waals surface area contributed by atoms with Gasteiger partial charge >= 0.3 is 0 Å². The number of anilines is 1. The van der Waals surface area contributed by atoms with E-state index in [1.165, 1.54) is 19.1 Å². The Morgan fingerprint density at radius 2 is 2.25 bits per heavy atom. The Hall–Kier alpha value is -2.24. The maximum atomic E-state index is 11.4. The highest BCUT2D eigenvalue weighted by Crippen LogP contribution is 2.27. The Bertz CT molecular complexity index is 751. The van der Waals surface area contributed by atoms with E-state index >= 15 is 0 Å². The van der Waals surface area contributed by atoms with Crippen molar-refractivity contribution in [2.45, 2.75) is 17.9 Å². The maximum absolute atomic E-state index is 11.4. The first-order valence-electron chi connectivity index (χ1n) is 7.10. The van der Waals surface area contributed by atoms with Crippen molar-refractivity contribution in [3.63, 3.8) is 0 Å². The quantitative estimate of drug-likeness (QED) is 0.552. The van der Waals surface area contributed by atoms with Crippen LogP contribution < -0.4 is 10.5 Å². The lowest BCUT2D eigenvalue weighted by atomic mass is 10.2. The molecule has 132 valence electrons. The number of nitrogens with two attached hydrogens (primary N) is 1. The summed E-state index contributed by atoms with van der Waals surface area (Å²) in [4.78, 5) is 23.1. The Morgan fingerprint density at radius 1 is 1.54 bits per heavy atom. The van der Waals surface area contributed by atoms with Gasteiger partial charge in [0.1, 0.15) is 5.69 Å². The van der Waals surface area contributed by atoms with Crippen LogP contribution in [0.3, 0.4) is 0 Å². The number of nitro benzene ring substituents is 1. The minimum atomic E-state index is -4.03. The van der Waals surface area contributed by atoms with E-state index in [9.17, 15) is 23.3 Å². The van der Waals surface area contributed by atoms with E-state index in [0.29, 0.717) is 19.7 Å². The molecule has 1 heterocycles. The van der Waals surface area contributed by atoms with E-state index in [1.807, 2.05) is 0 Å². The normalized spacial score (nSPS) is 18.2. The summed E-state index contributed by atoms with van der Waals surface area (Å²) in [5.74, 6) is -0.0632. The van der Waals surface area contributed by atoms with Crippen LogP contribution in [0.4, 0.5) is 11.4 Å². The van der Waals surface area contributed by atoms with Gasteiger partial charge in [-0.25, -0.2) is 13.6 Å².